The Hall–Kier alpha value is -4.73. The molecule has 2 saturated heterocycles. The molecule has 2 fully saturated rings. The molecule has 0 radical (unpaired) electrons. The summed E-state index contributed by atoms with van der Waals surface area (Å²) in [5.41, 5.74) is 0.0320. The zero-order valence-electron chi connectivity index (χ0n) is 28.0. The number of carbonyl (C=O) groups excluding carboxylic acids is 3. The predicted octanol–water partition coefficient (Wildman–Crippen LogP) is 4.55. The molecule has 0 aliphatic carbocycles. The number of hydrogen-bond acceptors (Lipinski definition) is 6. The van der Waals surface area contributed by atoms with Gasteiger partial charge >= 0.3 is 0 Å². The van der Waals surface area contributed by atoms with E-state index in [1.807, 2.05) is 123 Å². The maximum atomic E-state index is 15.1. The predicted molar refractivity (Wildman–Crippen MR) is 186 cm³/mol. The second-order valence-corrected chi connectivity index (χ2v) is 13.3. The van der Waals surface area contributed by atoms with Gasteiger partial charge < -0.3 is 29.3 Å². The van der Waals surface area contributed by atoms with Gasteiger partial charge in [0.1, 0.15) is 17.4 Å². The minimum absolute atomic E-state index is 0.235. The number of aliphatic hydroxyl groups excluding tert-OH is 1. The van der Waals surface area contributed by atoms with Crippen LogP contribution in [0.2, 0.25) is 0 Å². The number of aliphatic hydroxyl groups is 1. The van der Waals surface area contributed by atoms with Crippen LogP contribution in [-0.2, 0) is 32.1 Å². The van der Waals surface area contributed by atoms with Crippen molar-refractivity contribution in [3.8, 4) is 5.75 Å². The first kappa shape index (κ1) is 32.8. The quantitative estimate of drug-likeness (QED) is 0.320. The van der Waals surface area contributed by atoms with E-state index >= 15 is 4.79 Å². The molecule has 3 amide bonds. The number of rotatable bonds is 10. The fraction of sp³-hybridized carbons (Fsp3) is 0.375. The lowest BCUT2D eigenvalue weighted by Crippen LogP contribution is -2.59. The van der Waals surface area contributed by atoms with Gasteiger partial charge in [-0.2, -0.15) is 0 Å². The van der Waals surface area contributed by atoms with Crippen LogP contribution in [-0.4, -0.2) is 82.2 Å². The Balaban J connectivity index is 1.33. The summed E-state index contributed by atoms with van der Waals surface area (Å²) >= 11 is 0. The zero-order chi connectivity index (χ0) is 34.2. The lowest BCUT2D eigenvalue weighted by Gasteiger charge is -2.41. The Morgan fingerprint density at radius 3 is 2.14 bits per heavy atom. The minimum atomic E-state index is -1.42. The fourth-order valence-corrected chi connectivity index (χ4v) is 8.34. The molecule has 0 bridgehead atoms. The number of anilines is 1. The summed E-state index contributed by atoms with van der Waals surface area (Å²) in [6, 6.07) is 25.0. The highest BCUT2D eigenvalue weighted by Crippen LogP contribution is 2.59. The molecule has 3 aromatic rings. The molecular formula is C40H43N3O6. The summed E-state index contributed by atoms with van der Waals surface area (Å²) in [4.78, 5) is 49.9. The number of benzene rings is 3. The van der Waals surface area contributed by atoms with Crippen molar-refractivity contribution in [2.45, 2.75) is 56.5 Å². The van der Waals surface area contributed by atoms with Crippen molar-refractivity contribution in [3.63, 3.8) is 0 Å². The number of carbonyl (C=O) groups is 3. The Morgan fingerprint density at radius 2 is 1.49 bits per heavy atom. The molecule has 49 heavy (non-hydrogen) atoms. The van der Waals surface area contributed by atoms with Gasteiger partial charge in [-0.05, 0) is 55.2 Å². The Morgan fingerprint density at radius 1 is 0.816 bits per heavy atom. The van der Waals surface area contributed by atoms with Crippen molar-refractivity contribution >= 4 is 23.4 Å². The summed E-state index contributed by atoms with van der Waals surface area (Å²) < 4.78 is 12.8. The van der Waals surface area contributed by atoms with E-state index in [2.05, 4.69) is 0 Å². The summed E-state index contributed by atoms with van der Waals surface area (Å²) in [6.45, 7) is 5.02. The van der Waals surface area contributed by atoms with Crippen molar-refractivity contribution < 1.29 is 29.0 Å². The molecule has 1 unspecified atom stereocenters. The highest BCUT2D eigenvalue weighted by molar-refractivity contribution is 6.04. The molecule has 7 rings (SSSR count). The number of amides is 3. The molecule has 0 saturated carbocycles. The maximum absolute atomic E-state index is 15.1. The lowest BCUT2D eigenvalue weighted by atomic mass is 9.73. The van der Waals surface area contributed by atoms with Crippen LogP contribution in [0, 0.1) is 11.8 Å². The number of nitrogens with zero attached hydrogens (tertiary/aromatic N) is 3. The van der Waals surface area contributed by atoms with Crippen LogP contribution < -0.4 is 9.64 Å². The molecule has 6 atom stereocenters. The Labute approximate surface area is 287 Å². The van der Waals surface area contributed by atoms with Crippen LogP contribution in [0.4, 0.5) is 5.69 Å². The third-order valence-electron chi connectivity index (χ3n) is 10.6. The number of fused-ring (bicyclic) bond motifs is 2. The van der Waals surface area contributed by atoms with Gasteiger partial charge in [-0.15, -0.1) is 0 Å². The number of likely N-dealkylation sites (tertiary alicyclic amines) is 1. The first-order valence-electron chi connectivity index (χ1n) is 17.2. The Bertz CT molecular complexity index is 1740. The summed E-state index contributed by atoms with van der Waals surface area (Å²) in [5.74, 6) is -2.04. The van der Waals surface area contributed by atoms with Gasteiger partial charge in [-0.25, -0.2) is 0 Å². The van der Waals surface area contributed by atoms with E-state index in [0.29, 0.717) is 50.5 Å². The largest absolute Gasteiger partial charge is 0.494 e. The average Bonchev–Trinajstić information content (AvgIpc) is 3.43. The minimum Gasteiger partial charge on any atom is -0.494 e. The number of hydrogen-bond donors (Lipinski definition) is 1. The fourth-order valence-electron chi connectivity index (χ4n) is 8.34. The van der Waals surface area contributed by atoms with Gasteiger partial charge in [0.05, 0.1) is 36.7 Å². The monoisotopic (exact) mass is 661 g/mol. The van der Waals surface area contributed by atoms with Gasteiger partial charge in [0.15, 0.2) is 0 Å². The van der Waals surface area contributed by atoms with Crippen LogP contribution in [0.5, 0.6) is 5.75 Å². The topological polar surface area (TPSA) is 99.6 Å². The average molecular weight is 662 g/mol. The zero-order valence-corrected chi connectivity index (χ0v) is 28.0. The third kappa shape index (κ3) is 5.55. The molecule has 4 heterocycles. The van der Waals surface area contributed by atoms with Crippen molar-refractivity contribution in [2.24, 2.45) is 11.8 Å². The molecule has 9 heteroatoms. The standard InChI is InChI=1S/C40H43N3O6/c1-3-39-21-11-24-42(30-17-19-32(20-18-30)48-4-2)36(45)33(39)34-37(46)43(31(27-44)25-28-13-7-5-8-14-28)35-38(47)41(23-12-22-40(34,35)49-39)26-29-15-9-6-10-16-29/h5-22,31,33-35,44H,3-4,23-27H2,1-2H3/t31-,33+,34+,35?,39-,40+/m1/s1. The summed E-state index contributed by atoms with van der Waals surface area (Å²) in [7, 11) is 0. The smallest absolute Gasteiger partial charge is 0.249 e. The van der Waals surface area contributed by atoms with Gasteiger partial charge in [0, 0.05) is 25.3 Å². The van der Waals surface area contributed by atoms with Crippen molar-refractivity contribution in [3.05, 3.63) is 120 Å². The normalized spacial score (nSPS) is 28.2. The van der Waals surface area contributed by atoms with E-state index in [9.17, 15) is 14.7 Å². The van der Waals surface area contributed by atoms with Crippen molar-refractivity contribution in [1.29, 1.82) is 0 Å². The van der Waals surface area contributed by atoms with Crippen LogP contribution in [0.1, 0.15) is 31.4 Å². The van der Waals surface area contributed by atoms with Gasteiger partial charge in [-0.1, -0.05) is 91.9 Å². The molecule has 0 aromatic heterocycles. The second-order valence-electron chi connectivity index (χ2n) is 13.3. The van der Waals surface area contributed by atoms with Crippen LogP contribution in [0.25, 0.3) is 0 Å². The van der Waals surface area contributed by atoms with Gasteiger partial charge in [0.2, 0.25) is 17.7 Å². The van der Waals surface area contributed by atoms with E-state index in [0.717, 1.165) is 11.1 Å². The summed E-state index contributed by atoms with van der Waals surface area (Å²) in [5, 5.41) is 10.9. The molecule has 4 aliphatic rings. The first-order chi connectivity index (χ1) is 23.9. The Kier molecular flexibility index (Phi) is 8.90. The van der Waals surface area contributed by atoms with E-state index in [1.54, 1.807) is 14.7 Å². The molecule has 254 valence electrons. The van der Waals surface area contributed by atoms with E-state index in [-0.39, 0.29) is 24.3 Å². The lowest BCUT2D eigenvalue weighted by molar-refractivity contribution is -0.155. The van der Waals surface area contributed by atoms with Crippen molar-refractivity contribution in [1.82, 2.24) is 9.80 Å². The van der Waals surface area contributed by atoms with Crippen molar-refractivity contribution in [2.75, 3.05) is 31.2 Å². The molecular weight excluding hydrogens is 618 g/mol. The second kappa shape index (κ2) is 13.3. The highest BCUT2D eigenvalue weighted by Gasteiger charge is 2.76. The third-order valence-corrected chi connectivity index (χ3v) is 10.6. The van der Waals surface area contributed by atoms with Crippen LogP contribution in [0.3, 0.4) is 0 Å². The molecule has 1 spiro atoms. The molecule has 4 aliphatic heterocycles. The maximum Gasteiger partial charge on any atom is 0.249 e. The first-order valence-corrected chi connectivity index (χ1v) is 17.2. The van der Waals surface area contributed by atoms with E-state index in [4.69, 9.17) is 9.47 Å². The SMILES string of the molecule is CCOc1ccc(N2CC=C[C@@]3(CC)O[C@]45C=CCN(Cc6ccccc6)C(=O)C4N([C@@H](CO)Cc4ccccc4)C(=O)[C@@H]5[C@H]3C2=O)cc1. The number of ether oxygens (including phenoxy) is 2. The summed E-state index contributed by atoms with van der Waals surface area (Å²) in [6.07, 6.45) is 8.41. The van der Waals surface area contributed by atoms with Gasteiger partial charge in [0.25, 0.3) is 0 Å². The van der Waals surface area contributed by atoms with Crippen LogP contribution >= 0.6 is 0 Å². The molecule has 1 N–H and O–H groups in total. The van der Waals surface area contributed by atoms with E-state index < -0.39 is 35.1 Å². The van der Waals surface area contributed by atoms with Gasteiger partial charge in [-0.3, -0.25) is 14.4 Å². The molecule has 9 nitrogen and oxygen atoms in total. The highest BCUT2D eigenvalue weighted by atomic mass is 16.5. The van der Waals surface area contributed by atoms with E-state index in [1.165, 1.54) is 0 Å². The molecule has 3 aromatic carbocycles. The van der Waals surface area contributed by atoms with Crippen LogP contribution in [0.15, 0.2) is 109 Å².